The summed E-state index contributed by atoms with van der Waals surface area (Å²) in [6, 6.07) is 11.6. The minimum atomic E-state index is -5.67. The molecule has 2 heterocycles. The highest BCUT2D eigenvalue weighted by Gasteiger charge is 2.81. The van der Waals surface area contributed by atoms with E-state index < -0.39 is 36.5 Å². The van der Waals surface area contributed by atoms with Crippen molar-refractivity contribution in [1.29, 1.82) is 5.26 Å². The van der Waals surface area contributed by atoms with E-state index in [0.29, 0.717) is 16.7 Å². The molecule has 1 aliphatic rings. The van der Waals surface area contributed by atoms with Gasteiger partial charge in [-0.05, 0) is 69.0 Å². The second-order valence-corrected chi connectivity index (χ2v) is 8.97. The third-order valence-electron chi connectivity index (χ3n) is 6.69. The van der Waals surface area contributed by atoms with E-state index in [2.05, 4.69) is 4.98 Å². The molecule has 1 aliphatic heterocycles. The van der Waals surface area contributed by atoms with Crippen LogP contribution < -0.4 is 0 Å². The third kappa shape index (κ3) is 5.31. The van der Waals surface area contributed by atoms with Gasteiger partial charge in [0.2, 0.25) is 0 Å². The summed E-state index contributed by atoms with van der Waals surface area (Å²) in [6.07, 6.45) is -10.5. The number of likely N-dealkylation sites (tertiary alicyclic amines) is 1. The highest BCUT2D eigenvalue weighted by Crippen LogP contribution is 2.60. The van der Waals surface area contributed by atoms with Crippen molar-refractivity contribution in [2.24, 2.45) is 5.41 Å². The summed E-state index contributed by atoms with van der Waals surface area (Å²) in [5.41, 5.74) is -4.19. The lowest BCUT2D eigenvalue weighted by Crippen LogP contribution is -2.69. The summed E-state index contributed by atoms with van der Waals surface area (Å²) in [6.45, 7) is 2.00. The zero-order chi connectivity index (χ0) is 25.9. The fourth-order valence-electron chi connectivity index (χ4n) is 5.04. The van der Waals surface area contributed by atoms with E-state index in [0.717, 1.165) is 12.6 Å². The number of aromatic nitrogens is 1. The second-order valence-electron chi connectivity index (χ2n) is 8.97. The molecule has 1 aromatic carbocycles. The minimum Gasteiger partial charge on any atom is -0.358 e. The first-order valence-corrected chi connectivity index (χ1v) is 11.3. The molecule has 4 nitrogen and oxygen atoms in total. The number of aryl methyl sites for hydroxylation is 2. The van der Waals surface area contributed by atoms with Crippen molar-refractivity contribution < 1.29 is 31.1 Å². The maximum atomic E-state index is 14.5. The van der Waals surface area contributed by atoms with Crippen molar-refractivity contribution in [3.8, 4) is 6.07 Å². The molecule has 0 spiro atoms. The molecule has 1 atom stereocenters. The van der Waals surface area contributed by atoms with E-state index in [9.17, 15) is 26.3 Å². The SMILES string of the molecule is CCOC(C(F)(F)F)(C(F)(F)F)C1(CCc2ccc(C#N)cc2)CCN(Cc2ccc(C)nc2)C1. The van der Waals surface area contributed by atoms with E-state index in [1.807, 2.05) is 6.07 Å². The maximum absolute atomic E-state index is 14.5. The van der Waals surface area contributed by atoms with Gasteiger partial charge < -0.3 is 4.74 Å². The van der Waals surface area contributed by atoms with E-state index in [4.69, 9.17) is 10.00 Å². The van der Waals surface area contributed by atoms with E-state index in [1.165, 1.54) is 12.1 Å². The number of nitriles is 1. The van der Waals surface area contributed by atoms with Crippen LogP contribution in [0.25, 0.3) is 0 Å². The highest BCUT2D eigenvalue weighted by atomic mass is 19.4. The number of hydrogen-bond donors (Lipinski definition) is 0. The van der Waals surface area contributed by atoms with Crippen LogP contribution in [0.15, 0.2) is 42.6 Å². The van der Waals surface area contributed by atoms with Crippen molar-refractivity contribution in [2.45, 2.75) is 57.6 Å². The van der Waals surface area contributed by atoms with Crippen molar-refractivity contribution in [3.63, 3.8) is 0 Å². The molecule has 0 aliphatic carbocycles. The third-order valence-corrected chi connectivity index (χ3v) is 6.69. The van der Waals surface area contributed by atoms with Crippen LogP contribution >= 0.6 is 0 Å². The van der Waals surface area contributed by atoms with Crippen molar-refractivity contribution >= 4 is 0 Å². The van der Waals surface area contributed by atoms with Gasteiger partial charge in [0.1, 0.15) is 0 Å². The quantitative estimate of drug-likeness (QED) is 0.419. The summed E-state index contributed by atoms with van der Waals surface area (Å²) >= 11 is 0. The molecule has 0 amide bonds. The molecule has 1 fully saturated rings. The van der Waals surface area contributed by atoms with Gasteiger partial charge in [-0.25, -0.2) is 0 Å². The fourth-order valence-corrected chi connectivity index (χ4v) is 5.04. The van der Waals surface area contributed by atoms with Gasteiger partial charge >= 0.3 is 12.4 Å². The molecule has 0 N–H and O–H groups in total. The van der Waals surface area contributed by atoms with Gasteiger partial charge in [0.25, 0.3) is 5.60 Å². The predicted molar refractivity (Wildman–Crippen MR) is 117 cm³/mol. The molecule has 0 radical (unpaired) electrons. The molecule has 0 saturated carbocycles. The summed E-state index contributed by atoms with van der Waals surface area (Å²) in [5, 5.41) is 8.96. The Morgan fingerprint density at radius 1 is 1.03 bits per heavy atom. The van der Waals surface area contributed by atoms with Crippen LogP contribution in [0.5, 0.6) is 0 Å². The van der Waals surface area contributed by atoms with E-state index in [1.54, 1.807) is 42.3 Å². The molecule has 0 bridgehead atoms. The molecule has 190 valence electrons. The molecular weight excluding hydrogens is 472 g/mol. The standard InChI is InChI=1S/C25H27F6N3O/c1-3-35-23(24(26,27)28,25(29,30)31)22(11-10-19-6-8-20(14-32)9-7-19)12-13-34(17-22)16-21-5-4-18(2)33-15-21/h4-9,15H,3,10-13,16-17H2,1-2H3. The lowest BCUT2D eigenvalue weighted by atomic mass is 9.66. The van der Waals surface area contributed by atoms with Crippen molar-refractivity contribution in [3.05, 3.63) is 65.0 Å². The molecule has 35 heavy (non-hydrogen) atoms. The Morgan fingerprint density at radius 2 is 1.66 bits per heavy atom. The number of rotatable bonds is 8. The lowest BCUT2D eigenvalue weighted by Gasteiger charge is -2.49. The monoisotopic (exact) mass is 499 g/mol. The first kappa shape index (κ1) is 27.0. The summed E-state index contributed by atoms with van der Waals surface area (Å²) in [5.74, 6) is 0. The van der Waals surface area contributed by atoms with Gasteiger partial charge in [0.15, 0.2) is 0 Å². The van der Waals surface area contributed by atoms with Crippen molar-refractivity contribution in [1.82, 2.24) is 9.88 Å². The molecule has 3 rings (SSSR count). The number of ether oxygens (including phenoxy) is 1. The number of halogens is 6. The number of pyridine rings is 1. The first-order chi connectivity index (χ1) is 16.4. The van der Waals surface area contributed by atoms with Crippen LogP contribution in [-0.2, 0) is 17.7 Å². The first-order valence-electron chi connectivity index (χ1n) is 11.3. The number of benzene rings is 1. The molecule has 1 unspecified atom stereocenters. The van der Waals surface area contributed by atoms with Gasteiger partial charge in [-0.15, -0.1) is 0 Å². The molecule has 1 saturated heterocycles. The van der Waals surface area contributed by atoms with Gasteiger partial charge in [-0.1, -0.05) is 18.2 Å². The van der Waals surface area contributed by atoms with E-state index in [-0.39, 0.29) is 32.4 Å². The van der Waals surface area contributed by atoms with Gasteiger partial charge in [0.05, 0.1) is 11.6 Å². The van der Waals surface area contributed by atoms with Gasteiger partial charge in [-0.3, -0.25) is 9.88 Å². The Bertz CT molecular complexity index is 1010. The predicted octanol–water partition coefficient (Wildman–Crippen LogP) is 5.99. The molecular formula is C25H27F6N3O. The lowest BCUT2D eigenvalue weighted by molar-refractivity contribution is -0.414. The number of hydrogen-bond acceptors (Lipinski definition) is 4. The van der Waals surface area contributed by atoms with Crippen LogP contribution in [0.2, 0.25) is 0 Å². The topological polar surface area (TPSA) is 49.1 Å². The van der Waals surface area contributed by atoms with Gasteiger partial charge in [0, 0.05) is 37.0 Å². The minimum absolute atomic E-state index is 0.0212. The average Bonchev–Trinajstić information content (AvgIpc) is 3.20. The van der Waals surface area contributed by atoms with E-state index >= 15 is 0 Å². The second kappa shape index (κ2) is 10.2. The van der Waals surface area contributed by atoms with Crippen LogP contribution in [0.3, 0.4) is 0 Å². The van der Waals surface area contributed by atoms with Crippen LogP contribution in [0.4, 0.5) is 26.3 Å². The van der Waals surface area contributed by atoms with Gasteiger partial charge in [-0.2, -0.15) is 31.6 Å². The Balaban J connectivity index is 2.01. The smallest absolute Gasteiger partial charge is 0.358 e. The Hall–Kier alpha value is -2.64. The number of alkyl halides is 6. The summed E-state index contributed by atoms with van der Waals surface area (Å²) < 4.78 is 91.6. The zero-order valence-corrected chi connectivity index (χ0v) is 19.5. The Morgan fingerprint density at radius 3 is 2.17 bits per heavy atom. The normalized spacial score (nSPS) is 19.6. The van der Waals surface area contributed by atoms with Crippen LogP contribution in [0.1, 0.15) is 42.1 Å². The van der Waals surface area contributed by atoms with Crippen molar-refractivity contribution in [2.75, 3.05) is 19.7 Å². The molecule has 10 heteroatoms. The molecule has 1 aromatic heterocycles. The highest BCUT2D eigenvalue weighted by molar-refractivity contribution is 5.32. The Labute approximate surface area is 200 Å². The fraction of sp³-hybridized carbons (Fsp3) is 0.520. The number of nitrogens with zero attached hydrogens (tertiary/aromatic N) is 3. The Kier molecular flexibility index (Phi) is 7.82. The zero-order valence-electron chi connectivity index (χ0n) is 19.5. The summed E-state index contributed by atoms with van der Waals surface area (Å²) in [4.78, 5) is 5.78. The largest absolute Gasteiger partial charge is 0.427 e. The summed E-state index contributed by atoms with van der Waals surface area (Å²) in [7, 11) is 0. The average molecular weight is 499 g/mol. The molecule has 2 aromatic rings. The van der Waals surface area contributed by atoms with Crippen LogP contribution in [0, 0.1) is 23.7 Å². The van der Waals surface area contributed by atoms with Crippen LogP contribution in [-0.4, -0.2) is 47.5 Å². The maximum Gasteiger partial charge on any atom is 0.427 e.